The van der Waals surface area contributed by atoms with Gasteiger partial charge in [0.15, 0.2) is 0 Å². The molecule has 0 saturated carbocycles. The first-order chi connectivity index (χ1) is 14.2. The van der Waals surface area contributed by atoms with Crippen molar-refractivity contribution in [2.45, 2.75) is 6.54 Å². The molecule has 0 unspecified atom stereocenters. The predicted molar refractivity (Wildman–Crippen MR) is 107 cm³/mol. The molecule has 8 heteroatoms. The van der Waals surface area contributed by atoms with Crippen LogP contribution in [0.4, 0.5) is 11.6 Å². The summed E-state index contributed by atoms with van der Waals surface area (Å²) in [6, 6.07) is 18.6. The van der Waals surface area contributed by atoms with Crippen LogP contribution in [0.1, 0.15) is 11.3 Å². The third-order valence-electron chi connectivity index (χ3n) is 4.95. The zero-order valence-corrected chi connectivity index (χ0v) is 15.7. The molecule has 0 bridgehead atoms. The van der Waals surface area contributed by atoms with Crippen LogP contribution in [-0.2, 0) is 6.54 Å². The molecule has 0 radical (unpaired) electrons. The van der Waals surface area contributed by atoms with Gasteiger partial charge in [0.05, 0.1) is 4.92 Å². The zero-order chi connectivity index (χ0) is 20.2. The Morgan fingerprint density at radius 1 is 1.07 bits per heavy atom. The highest BCUT2D eigenvalue weighted by Gasteiger charge is 2.27. The topological polar surface area (TPSA) is 99.4 Å². The number of benzene rings is 2. The van der Waals surface area contributed by atoms with Crippen molar-refractivity contribution in [3.05, 3.63) is 76.0 Å². The SMILES string of the molecule is N#Cc1nc(-c2ccccc2[N+](=O)[O-])oc1N1CCN(Cc2ccccc2)CC1. The van der Waals surface area contributed by atoms with Gasteiger partial charge in [0.2, 0.25) is 17.5 Å². The van der Waals surface area contributed by atoms with E-state index in [2.05, 4.69) is 28.1 Å². The summed E-state index contributed by atoms with van der Waals surface area (Å²) < 4.78 is 5.84. The van der Waals surface area contributed by atoms with Gasteiger partial charge in [0.1, 0.15) is 11.6 Å². The Kier molecular flexibility index (Phi) is 5.22. The molecule has 146 valence electrons. The van der Waals surface area contributed by atoms with Crippen molar-refractivity contribution in [3.63, 3.8) is 0 Å². The summed E-state index contributed by atoms with van der Waals surface area (Å²) in [5, 5.41) is 20.8. The van der Waals surface area contributed by atoms with E-state index in [1.807, 2.05) is 23.1 Å². The van der Waals surface area contributed by atoms with Crippen LogP contribution in [0.15, 0.2) is 59.0 Å². The van der Waals surface area contributed by atoms with Gasteiger partial charge in [-0.3, -0.25) is 15.0 Å². The highest BCUT2D eigenvalue weighted by atomic mass is 16.6. The summed E-state index contributed by atoms with van der Waals surface area (Å²) in [4.78, 5) is 19.4. The summed E-state index contributed by atoms with van der Waals surface area (Å²) in [5.74, 6) is 0.468. The number of anilines is 1. The third kappa shape index (κ3) is 3.95. The fourth-order valence-corrected chi connectivity index (χ4v) is 3.48. The van der Waals surface area contributed by atoms with Crippen molar-refractivity contribution >= 4 is 11.6 Å². The zero-order valence-electron chi connectivity index (χ0n) is 15.7. The summed E-state index contributed by atoms with van der Waals surface area (Å²) in [6.45, 7) is 3.89. The Labute approximate surface area is 167 Å². The maximum atomic E-state index is 11.3. The monoisotopic (exact) mass is 389 g/mol. The van der Waals surface area contributed by atoms with Gasteiger partial charge in [0.25, 0.3) is 5.69 Å². The van der Waals surface area contributed by atoms with Gasteiger partial charge in [-0.1, -0.05) is 42.5 Å². The number of nitrogens with zero attached hydrogens (tertiary/aromatic N) is 5. The van der Waals surface area contributed by atoms with Crippen molar-refractivity contribution < 1.29 is 9.34 Å². The van der Waals surface area contributed by atoms with Crippen LogP contribution in [0.25, 0.3) is 11.5 Å². The van der Waals surface area contributed by atoms with Gasteiger partial charge in [-0.05, 0) is 11.6 Å². The van der Waals surface area contributed by atoms with Gasteiger partial charge < -0.3 is 9.32 Å². The second-order valence-corrected chi connectivity index (χ2v) is 6.81. The Hall–Kier alpha value is -3.70. The summed E-state index contributed by atoms with van der Waals surface area (Å²) >= 11 is 0. The number of hydrogen-bond acceptors (Lipinski definition) is 7. The third-order valence-corrected chi connectivity index (χ3v) is 4.95. The molecule has 8 nitrogen and oxygen atoms in total. The molecule has 0 N–H and O–H groups in total. The first kappa shape index (κ1) is 18.7. The maximum Gasteiger partial charge on any atom is 0.282 e. The molecule has 2 aromatic carbocycles. The fourth-order valence-electron chi connectivity index (χ4n) is 3.48. The van der Waals surface area contributed by atoms with Gasteiger partial charge in [0, 0.05) is 38.8 Å². The number of piperazine rings is 1. The first-order valence-electron chi connectivity index (χ1n) is 9.31. The van der Waals surface area contributed by atoms with Gasteiger partial charge >= 0.3 is 0 Å². The van der Waals surface area contributed by atoms with Crippen LogP contribution >= 0.6 is 0 Å². The van der Waals surface area contributed by atoms with Gasteiger partial charge in [-0.15, -0.1) is 0 Å². The van der Waals surface area contributed by atoms with Crippen LogP contribution < -0.4 is 4.90 Å². The van der Waals surface area contributed by atoms with Crippen LogP contribution in [-0.4, -0.2) is 41.0 Å². The molecular formula is C21H19N5O3. The molecule has 1 fully saturated rings. The minimum Gasteiger partial charge on any atom is -0.419 e. The lowest BCUT2D eigenvalue weighted by atomic mass is 10.2. The second-order valence-electron chi connectivity index (χ2n) is 6.81. The highest BCUT2D eigenvalue weighted by Crippen LogP contribution is 2.33. The molecule has 0 spiro atoms. The molecule has 1 aromatic heterocycles. The predicted octanol–water partition coefficient (Wildman–Crippen LogP) is 3.44. The Balaban J connectivity index is 1.52. The standard InChI is InChI=1S/C21H19N5O3/c22-14-18-21(29-20(23-18)17-8-4-5-9-19(17)26(27)28)25-12-10-24(11-13-25)15-16-6-2-1-3-7-16/h1-9H,10-13,15H2. The van der Waals surface area contributed by atoms with E-state index in [9.17, 15) is 15.4 Å². The van der Waals surface area contributed by atoms with E-state index in [4.69, 9.17) is 4.42 Å². The molecule has 0 amide bonds. The molecule has 0 atom stereocenters. The molecule has 3 aromatic rings. The lowest BCUT2D eigenvalue weighted by Gasteiger charge is -2.34. The van der Waals surface area contributed by atoms with E-state index in [0.717, 1.165) is 19.6 Å². The minimum atomic E-state index is -0.479. The van der Waals surface area contributed by atoms with Gasteiger partial charge in [-0.25, -0.2) is 0 Å². The molecule has 29 heavy (non-hydrogen) atoms. The number of hydrogen-bond donors (Lipinski definition) is 0. The maximum absolute atomic E-state index is 11.3. The number of nitro groups is 1. The smallest absolute Gasteiger partial charge is 0.282 e. The highest BCUT2D eigenvalue weighted by molar-refractivity contribution is 5.69. The van der Waals surface area contributed by atoms with Crippen molar-refractivity contribution in [1.82, 2.24) is 9.88 Å². The number of nitro benzene ring substituents is 1. The number of aromatic nitrogens is 1. The van der Waals surface area contributed by atoms with Crippen LogP contribution in [0.2, 0.25) is 0 Å². The number of rotatable bonds is 5. The van der Waals surface area contributed by atoms with Crippen LogP contribution in [0, 0.1) is 21.4 Å². The quantitative estimate of drug-likeness (QED) is 0.487. The molecule has 1 saturated heterocycles. The van der Waals surface area contributed by atoms with E-state index in [0.29, 0.717) is 19.0 Å². The van der Waals surface area contributed by atoms with E-state index in [1.165, 1.54) is 11.6 Å². The fraction of sp³-hybridized carbons (Fsp3) is 0.238. The van der Waals surface area contributed by atoms with Crippen molar-refractivity contribution in [1.29, 1.82) is 5.26 Å². The van der Waals surface area contributed by atoms with E-state index >= 15 is 0 Å². The summed E-state index contributed by atoms with van der Waals surface area (Å²) in [7, 11) is 0. The molecule has 1 aliphatic rings. The Bertz CT molecular complexity index is 1050. The van der Waals surface area contributed by atoms with Crippen LogP contribution in [0.5, 0.6) is 0 Å². The molecular weight excluding hydrogens is 370 g/mol. The lowest BCUT2D eigenvalue weighted by Crippen LogP contribution is -2.46. The number of para-hydroxylation sites is 1. The average Bonchev–Trinajstić information content (AvgIpc) is 3.19. The molecule has 1 aliphatic heterocycles. The Morgan fingerprint density at radius 3 is 2.45 bits per heavy atom. The lowest BCUT2D eigenvalue weighted by molar-refractivity contribution is -0.384. The molecule has 4 rings (SSSR count). The van der Waals surface area contributed by atoms with E-state index in [1.54, 1.807) is 18.2 Å². The van der Waals surface area contributed by atoms with Crippen molar-refractivity contribution in [2.24, 2.45) is 0 Å². The van der Waals surface area contributed by atoms with E-state index in [-0.39, 0.29) is 22.8 Å². The summed E-state index contributed by atoms with van der Waals surface area (Å²) in [5.41, 5.74) is 1.58. The number of nitriles is 1. The van der Waals surface area contributed by atoms with Gasteiger partial charge in [-0.2, -0.15) is 10.2 Å². The first-order valence-corrected chi connectivity index (χ1v) is 9.31. The Morgan fingerprint density at radius 2 is 1.76 bits per heavy atom. The minimum absolute atomic E-state index is 0.0931. The molecule has 0 aliphatic carbocycles. The van der Waals surface area contributed by atoms with Crippen molar-refractivity contribution in [2.75, 3.05) is 31.1 Å². The average molecular weight is 389 g/mol. The van der Waals surface area contributed by atoms with E-state index < -0.39 is 4.92 Å². The largest absolute Gasteiger partial charge is 0.419 e. The number of oxazole rings is 1. The summed E-state index contributed by atoms with van der Waals surface area (Å²) in [6.07, 6.45) is 0. The van der Waals surface area contributed by atoms with Crippen molar-refractivity contribution in [3.8, 4) is 17.5 Å². The molecule has 2 heterocycles. The normalized spacial score (nSPS) is 14.5. The van der Waals surface area contributed by atoms with Crippen LogP contribution in [0.3, 0.4) is 0 Å². The second kappa shape index (κ2) is 8.12.